The molecule has 154 valence electrons. The predicted octanol–water partition coefficient (Wildman–Crippen LogP) is 2.02. The molecule has 2 aliphatic heterocycles. The van der Waals surface area contributed by atoms with Gasteiger partial charge in [-0.05, 0) is 24.0 Å². The van der Waals surface area contributed by atoms with Crippen molar-refractivity contribution < 1.29 is 19.2 Å². The highest BCUT2D eigenvalue weighted by Crippen LogP contribution is 2.34. The van der Waals surface area contributed by atoms with Gasteiger partial charge >= 0.3 is 12.1 Å². The molecule has 30 heavy (non-hydrogen) atoms. The molecule has 2 heterocycles. The largest absolute Gasteiger partial charge is 0.322 e. The van der Waals surface area contributed by atoms with E-state index >= 15 is 0 Å². The van der Waals surface area contributed by atoms with E-state index in [1.54, 1.807) is 24.3 Å². The molecule has 2 aromatic rings. The minimum absolute atomic E-state index is 0.370. The first-order valence-electron chi connectivity index (χ1n) is 9.84. The number of unbranched alkanes of at least 4 members (excludes halogenated alkanes) is 1. The average molecular weight is 406 g/mol. The second-order valence-electron chi connectivity index (χ2n) is 7.57. The molecule has 2 saturated heterocycles. The molecule has 8 heteroatoms. The van der Waals surface area contributed by atoms with Gasteiger partial charge in [0.15, 0.2) is 0 Å². The van der Waals surface area contributed by atoms with Crippen LogP contribution in [-0.2, 0) is 20.7 Å². The van der Waals surface area contributed by atoms with Crippen molar-refractivity contribution in [3.8, 4) is 0 Å². The summed E-state index contributed by atoms with van der Waals surface area (Å²) in [6.45, 7) is 0. The zero-order valence-corrected chi connectivity index (χ0v) is 16.2. The number of imide groups is 2. The quantitative estimate of drug-likeness (QED) is 0.416. The molecule has 2 fully saturated rings. The Hall–Kier alpha value is -3.68. The number of hydrogen-bond donors (Lipinski definition) is 4. The van der Waals surface area contributed by atoms with Gasteiger partial charge in [-0.2, -0.15) is 0 Å². The third-order valence-corrected chi connectivity index (χ3v) is 5.77. The topological polar surface area (TPSA) is 116 Å². The molecule has 0 saturated carbocycles. The molecular weight excluding hydrogens is 384 g/mol. The zero-order chi connectivity index (χ0) is 21.2. The summed E-state index contributed by atoms with van der Waals surface area (Å²) in [5.74, 6) is -0.772. The Labute approximate surface area is 173 Å². The Morgan fingerprint density at radius 2 is 0.933 bits per heavy atom. The lowest BCUT2D eigenvalue weighted by Crippen LogP contribution is -2.45. The Morgan fingerprint density at radius 1 is 0.567 bits per heavy atom. The van der Waals surface area contributed by atoms with Gasteiger partial charge in [0.25, 0.3) is 11.8 Å². The number of urea groups is 2. The first-order chi connectivity index (χ1) is 14.5. The minimum Gasteiger partial charge on any atom is -0.319 e. The number of nitrogens with one attached hydrogen (secondary N) is 4. The molecule has 2 atom stereocenters. The Balaban J connectivity index is 1.51. The van der Waals surface area contributed by atoms with E-state index in [2.05, 4.69) is 21.3 Å². The summed E-state index contributed by atoms with van der Waals surface area (Å²) in [7, 11) is 0. The monoisotopic (exact) mass is 406 g/mol. The molecule has 4 N–H and O–H groups in total. The average Bonchev–Trinajstić information content (AvgIpc) is 3.21. The van der Waals surface area contributed by atoms with Crippen LogP contribution in [0.5, 0.6) is 0 Å². The highest BCUT2D eigenvalue weighted by Gasteiger charge is 2.49. The standard InChI is InChI=1S/C22H22N4O4/c27-17-21(25-19(29)23-17,15-9-3-1-4-10-15)13-7-8-14-22(16-11-5-2-6-12-16)18(28)24-20(30)26-22/h1-6,9-12H,7-8,13-14H2,(H2,23,25,27,29)(H2,24,26,28,30)/t21-,22-/m0/s1. The third kappa shape index (κ3) is 3.30. The van der Waals surface area contributed by atoms with E-state index in [1.165, 1.54) is 0 Å². The molecule has 2 aromatic carbocycles. The van der Waals surface area contributed by atoms with Gasteiger partial charge in [-0.3, -0.25) is 20.2 Å². The van der Waals surface area contributed by atoms with Gasteiger partial charge in [0.1, 0.15) is 11.1 Å². The third-order valence-electron chi connectivity index (χ3n) is 5.77. The van der Waals surface area contributed by atoms with Gasteiger partial charge in [-0.25, -0.2) is 9.59 Å². The van der Waals surface area contributed by atoms with Crippen LogP contribution in [0.3, 0.4) is 0 Å². The lowest BCUT2D eigenvalue weighted by molar-refractivity contribution is -0.125. The van der Waals surface area contributed by atoms with E-state index in [9.17, 15) is 19.2 Å². The van der Waals surface area contributed by atoms with E-state index in [4.69, 9.17) is 0 Å². The summed E-state index contributed by atoms with van der Waals surface area (Å²) >= 11 is 0. The lowest BCUT2D eigenvalue weighted by Gasteiger charge is -2.29. The van der Waals surface area contributed by atoms with Crippen LogP contribution in [0.25, 0.3) is 0 Å². The fraction of sp³-hybridized carbons (Fsp3) is 0.273. The van der Waals surface area contributed by atoms with E-state index in [0.717, 1.165) is 0 Å². The van der Waals surface area contributed by atoms with E-state index in [-0.39, 0.29) is 11.8 Å². The second kappa shape index (κ2) is 7.62. The van der Waals surface area contributed by atoms with Crippen LogP contribution in [0.2, 0.25) is 0 Å². The lowest BCUT2D eigenvalue weighted by atomic mass is 9.81. The van der Waals surface area contributed by atoms with Gasteiger partial charge in [0, 0.05) is 0 Å². The molecule has 0 radical (unpaired) electrons. The first kappa shape index (κ1) is 19.6. The summed E-state index contributed by atoms with van der Waals surface area (Å²) < 4.78 is 0. The Bertz CT molecular complexity index is 913. The molecule has 0 unspecified atom stereocenters. The van der Waals surface area contributed by atoms with Crippen molar-refractivity contribution in [3.63, 3.8) is 0 Å². The van der Waals surface area contributed by atoms with Crippen molar-refractivity contribution >= 4 is 23.9 Å². The number of amides is 6. The smallest absolute Gasteiger partial charge is 0.319 e. The van der Waals surface area contributed by atoms with E-state index in [0.29, 0.717) is 36.8 Å². The summed E-state index contributed by atoms with van der Waals surface area (Å²) in [5, 5.41) is 10.2. The Kier molecular flexibility index (Phi) is 4.99. The van der Waals surface area contributed by atoms with E-state index in [1.807, 2.05) is 36.4 Å². The second-order valence-corrected chi connectivity index (χ2v) is 7.57. The van der Waals surface area contributed by atoms with Crippen molar-refractivity contribution in [1.29, 1.82) is 0 Å². The number of hydrogen-bond acceptors (Lipinski definition) is 4. The molecule has 2 aliphatic rings. The maximum absolute atomic E-state index is 12.6. The molecule has 8 nitrogen and oxygen atoms in total. The van der Waals surface area contributed by atoms with Crippen LogP contribution in [0, 0.1) is 0 Å². The van der Waals surface area contributed by atoms with Crippen LogP contribution >= 0.6 is 0 Å². The summed E-state index contributed by atoms with van der Waals surface area (Å²) in [6.07, 6.45) is 1.85. The molecule has 6 amide bonds. The summed E-state index contributed by atoms with van der Waals surface area (Å²) in [5.41, 5.74) is -0.866. The van der Waals surface area contributed by atoms with Crippen molar-refractivity contribution in [1.82, 2.24) is 21.3 Å². The van der Waals surface area contributed by atoms with Crippen LogP contribution in [0.4, 0.5) is 9.59 Å². The maximum Gasteiger partial charge on any atom is 0.322 e. The van der Waals surface area contributed by atoms with Gasteiger partial charge in [-0.15, -0.1) is 0 Å². The van der Waals surface area contributed by atoms with Crippen molar-refractivity contribution in [2.45, 2.75) is 36.8 Å². The predicted molar refractivity (Wildman–Crippen MR) is 108 cm³/mol. The molecule has 0 bridgehead atoms. The number of benzene rings is 2. The van der Waals surface area contributed by atoms with Gasteiger partial charge in [-0.1, -0.05) is 73.5 Å². The van der Waals surface area contributed by atoms with Crippen LogP contribution in [-0.4, -0.2) is 23.9 Å². The van der Waals surface area contributed by atoms with Gasteiger partial charge in [0.2, 0.25) is 0 Å². The first-order valence-corrected chi connectivity index (χ1v) is 9.84. The van der Waals surface area contributed by atoms with Gasteiger partial charge < -0.3 is 10.6 Å². The zero-order valence-electron chi connectivity index (χ0n) is 16.2. The molecule has 0 aliphatic carbocycles. The number of rotatable bonds is 7. The molecule has 0 spiro atoms. The normalized spacial score (nSPS) is 25.5. The fourth-order valence-corrected chi connectivity index (χ4v) is 4.26. The van der Waals surface area contributed by atoms with Crippen LogP contribution < -0.4 is 21.3 Å². The highest BCUT2D eigenvalue weighted by atomic mass is 16.2. The number of carbonyl (C=O) groups excluding carboxylic acids is 4. The molecule has 4 rings (SSSR count). The van der Waals surface area contributed by atoms with E-state index < -0.39 is 23.1 Å². The van der Waals surface area contributed by atoms with Crippen LogP contribution in [0.1, 0.15) is 36.8 Å². The SMILES string of the molecule is O=C1NC(=O)[C@](CCCC[C@@]2(c3ccccc3)NC(=O)NC2=O)(c2ccccc2)N1. The Morgan fingerprint density at radius 3 is 1.23 bits per heavy atom. The number of carbonyl (C=O) groups is 4. The van der Waals surface area contributed by atoms with Crippen LogP contribution in [0.15, 0.2) is 60.7 Å². The van der Waals surface area contributed by atoms with Crippen molar-refractivity contribution in [2.75, 3.05) is 0 Å². The molecular formula is C22H22N4O4. The van der Waals surface area contributed by atoms with Crippen molar-refractivity contribution in [3.05, 3.63) is 71.8 Å². The summed E-state index contributed by atoms with van der Waals surface area (Å²) in [6, 6.07) is 17.1. The van der Waals surface area contributed by atoms with Crippen molar-refractivity contribution in [2.24, 2.45) is 0 Å². The summed E-state index contributed by atoms with van der Waals surface area (Å²) in [4.78, 5) is 49.0. The highest BCUT2D eigenvalue weighted by molar-refractivity contribution is 6.08. The minimum atomic E-state index is -1.14. The fourth-order valence-electron chi connectivity index (χ4n) is 4.26. The maximum atomic E-state index is 12.6. The van der Waals surface area contributed by atoms with Gasteiger partial charge in [0.05, 0.1) is 0 Å². The molecule has 0 aromatic heterocycles.